The van der Waals surface area contributed by atoms with Gasteiger partial charge in [-0.15, -0.1) is 13.2 Å². The van der Waals surface area contributed by atoms with Crippen LogP contribution in [-0.2, 0) is 0 Å². The van der Waals surface area contributed by atoms with Gasteiger partial charge in [0.1, 0.15) is 5.75 Å². The molecule has 2 aromatic rings. The first-order chi connectivity index (χ1) is 8.39. The number of benzene rings is 1. The highest BCUT2D eigenvalue weighted by molar-refractivity contribution is 5.81. The fraction of sp³-hybridized carbons (Fsp3) is 0.182. The van der Waals surface area contributed by atoms with Gasteiger partial charge in [0.2, 0.25) is 0 Å². The first kappa shape index (κ1) is 12.3. The first-order valence-electron chi connectivity index (χ1n) is 4.86. The second-order valence-electron chi connectivity index (χ2n) is 3.46. The Balaban J connectivity index is 2.49. The van der Waals surface area contributed by atoms with E-state index in [-0.39, 0.29) is 11.3 Å². The predicted molar refractivity (Wildman–Crippen MR) is 57.8 cm³/mol. The zero-order valence-corrected chi connectivity index (χ0v) is 9.17. The van der Waals surface area contributed by atoms with E-state index < -0.39 is 17.7 Å². The Kier molecular flexibility index (Phi) is 2.90. The fourth-order valence-corrected chi connectivity index (χ4v) is 1.51. The normalized spacial score (nSPS) is 11.6. The lowest BCUT2D eigenvalue weighted by Gasteiger charge is -2.09. The lowest BCUT2D eigenvalue weighted by molar-refractivity contribution is -0.274. The highest BCUT2D eigenvalue weighted by Crippen LogP contribution is 2.26. The molecule has 0 saturated carbocycles. The van der Waals surface area contributed by atoms with E-state index in [1.54, 1.807) is 0 Å². The van der Waals surface area contributed by atoms with Crippen LogP contribution in [0.3, 0.4) is 0 Å². The van der Waals surface area contributed by atoms with Crippen molar-refractivity contribution in [3.8, 4) is 11.5 Å². The smallest absolute Gasteiger partial charge is 0.491 e. The van der Waals surface area contributed by atoms with E-state index in [1.165, 1.54) is 19.2 Å². The maximum atomic E-state index is 12.0. The van der Waals surface area contributed by atoms with Crippen molar-refractivity contribution in [3.63, 3.8) is 0 Å². The molecule has 1 N–H and O–H groups in total. The zero-order chi connectivity index (χ0) is 13.3. The van der Waals surface area contributed by atoms with Crippen molar-refractivity contribution in [3.05, 3.63) is 34.6 Å². The van der Waals surface area contributed by atoms with Gasteiger partial charge in [-0.25, -0.2) is 0 Å². The molecular formula is C11H8F3NO3. The van der Waals surface area contributed by atoms with E-state index in [0.29, 0.717) is 5.39 Å². The molecule has 0 amide bonds. The van der Waals surface area contributed by atoms with Crippen molar-refractivity contribution in [1.29, 1.82) is 0 Å². The molecule has 0 aliphatic rings. The first-order valence-corrected chi connectivity index (χ1v) is 4.86. The number of ether oxygens (including phenoxy) is 2. The summed E-state index contributed by atoms with van der Waals surface area (Å²) in [5.74, 6) is -0.303. The number of aromatic amines is 1. The van der Waals surface area contributed by atoms with Crippen molar-refractivity contribution < 1.29 is 22.6 Å². The second-order valence-corrected chi connectivity index (χ2v) is 3.46. The number of halogens is 3. The Labute approximate surface area is 98.9 Å². The summed E-state index contributed by atoms with van der Waals surface area (Å²) in [4.78, 5) is 13.8. The summed E-state index contributed by atoms with van der Waals surface area (Å²) in [5.41, 5.74) is -0.281. The molecule has 96 valence electrons. The summed E-state index contributed by atoms with van der Waals surface area (Å²) in [7, 11) is 1.33. The van der Waals surface area contributed by atoms with Crippen molar-refractivity contribution >= 4 is 10.9 Å². The zero-order valence-electron chi connectivity index (χ0n) is 9.17. The maximum absolute atomic E-state index is 12.0. The predicted octanol–water partition coefficient (Wildman–Crippen LogP) is 2.44. The molecule has 1 aromatic carbocycles. The van der Waals surface area contributed by atoms with Crippen LogP contribution in [0, 0.1) is 0 Å². The summed E-state index contributed by atoms with van der Waals surface area (Å²) in [6, 6.07) is 5.09. The number of alkyl halides is 3. The number of H-pyrrole nitrogens is 1. The molecular weight excluding hydrogens is 251 g/mol. The molecule has 0 bridgehead atoms. The third-order valence-electron chi connectivity index (χ3n) is 2.24. The average Bonchev–Trinajstić information content (AvgIpc) is 2.25. The van der Waals surface area contributed by atoms with Crippen LogP contribution in [0.1, 0.15) is 0 Å². The topological polar surface area (TPSA) is 51.3 Å². The van der Waals surface area contributed by atoms with Crippen LogP contribution >= 0.6 is 0 Å². The number of pyridine rings is 1. The largest absolute Gasteiger partial charge is 0.573 e. The minimum absolute atomic E-state index is 0.0898. The van der Waals surface area contributed by atoms with Gasteiger partial charge in [-0.2, -0.15) is 0 Å². The number of rotatable bonds is 2. The van der Waals surface area contributed by atoms with Gasteiger partial charge in [0.25, 0.3) is 5.56 Å². The lowest BCUT2D eigenvalue weighted by Crippen LogP contribution is -2.17. The van der Waals surface area contributed by atoms with Gasteiger partial charge in [-0.05, 0) is 18.2 Å². The highest BCUT2D eigenvalue weighted by Gasteiger charge is 2.31. The van der Waals surface area contributed by atoms with E-state index in [1.807, 2.05) is 0 Å². The van der Waals surface area contributed by atoms with E-state index in [2.05, 4.69) is 9.72 Å². The SMILES string of the molecule is COc1cc2ccc(OC(F)(F)F)cc2[nH]c1=O. The molecule has 0 fully saturated rings. The fourth-order valence-electron chi connectivity index (χ4n) is 1.51. The maximum Gasteiger partial charge on any atom is 0.573 e. The molecule has 18 heavy (non-hydrogen) atoms. The van der Waals surface area contributed by atoms with Gasteiger partial charge >= 0.3 is 6.36 Å². The molecule has 0 saturated heterocycles. The van der Waals surface area contributed by atoms with Gasteiger partial charge in [-0.1, -0.05) is 0 Å². The Bertz CT molecular complexity index is 633. The van der Waals surface area contributed by atoms with Crippen LogP contribution in [0.15, 0.2) is 29.1 Å². The van der Waals surface area contributed by atoms with Crippen LogP contribution in [0.25, 0.3) is 10.9 Å². The van der Waals surface area contributed by atoms with Crippen LogP contribution in [0.2, 0.25) is 0 Å². The van der Waals surface area contributed by atoms with E-state index in [0.717, 1.165) is 12.1 Å². The number of nitrogens with one attached hydrogen (secondary N) is 1. The number of aromatic nitrogens is 1. The molecule has 0 atom stereocenters. The molecule has 0 aliphatic heterocycles. The van der Waals surface area contributed by atoms with Crippen molar-refractivity contribution in [2.75, 3.05) is 7.11 Å². The van der Waals surface area contributed by atoms with Gasteiger partial charge in [-0.3, -0.25) is 4.79 Å². The quantitative estimate of drug-likeness (QED) is 0.901. The Morgan fingerprint density at radius 2 is 1.94 bits per heavy atom. The standard InChI is InChI=1S/C11H8F3NO3/c1-17-9-4-6-2-3-7(18-11(12,13)14)5-8(6)15-10(9)16/h2-5H,1H3,(H,15,16). The van der Waals surface area contributed by atoms with Gasteiger partial charge < -0.3 is 14.5 Å². The average molecular weight is 259 g/mol. The number of hydrogen-bond acceptors (Lipinski definition) is 3. The third kappa shape index (κ3) is 2.55. The third-order valence-corrected chi connectivity index (χ3v) is 2.24. The van der Waals surface area contributed by atoms with Crippen molar-refractivity contribution in [2.24, 2.45) is 0 Å². The lowest BCUT2D eigenvalue weighted by atomic mass is 10.2. The molecule has 1 aromatic heterocycles. The van der Waals surface area contributed by atoms with E-state index >= 15 is 0 Å². The van der Waals surface area contributed by atoms with E-state index in [9.17, 15) is 18.0 Å². The van der Waals surface area contributed by atoms with E-state index in [4.69, 9.17) is 4.74 Å². The van der Waals surface area contributed by atoms with Crippen LogP contribution in [-0.4, -0.2) is 18.5 Å². The number of fused-ring (bicyclic) bond motifs is 1. The Hall–Kier alpha value is -2.18. The van der Waals surface area contributed by atoms with Crippen molar-refractivity contribution in [2.45, 2.75) is 6.36 Å². The summed E-state index contributed by atoms with van der Waals surface area (Å²) in [5, 5.41) is 0.543. The number of methoxy groups -OCH3 is 1. The molecule has 1 heterocycles. The number of hydrogen-bond donors (Lipinski definition) is 1. The molecule has 7 heteroatoms. The van der Waals surface area contributed by atoms with Crippen molar-refractivity contribution in [1.82, 2.24) is 4.98 Å². The summed E-state index contributed by atoms with van der Waals surface area (Å²) in [6.45, 7) is 0. The minimum Gasteiger partial charge on any atom is -0.491 e. The van der Waals surface area contributed by atoms with Gasteiger partial charge in [0.05, 0.1) is 12.6 Å². The molecule has 0 aliphatic carbocycles. The summed E-state index contributed by atoms with van der Waals surface area (Å²) < 4.78 is 44.6. The summed E-state index contributed by atoms with van der Waals surface area (Å²) in [6.07, 6.45) is -4.76. The van der Waals surface area contributed by atoms with Crippen LogP contribution < -0.4 is 15.0 Å². The Morgan fingerprint density at radius 1 is 1.22 bits per heavy atom. The van der Waals surface area contributed by atoms with Gasteiger partial charge in [0.15, 0.2) is 5.75 Å². The molecule has 0 unspecified atom stereocenters. The second kappa shape index (κ2) is 4.25. The van der Waals surface area contributed by atoms with Gasteiger partial charge in [0, 0.05) is 11.5 Å². The Morgan fingerprint density at radius 3 is 2.56 bits per heavy atom. The molecule has 0 radical (unpaired) electrons. The van der Waals surface area contributed by atoms with Crippen LogP contribution in [0.4, 0.5) is 13.2 Å². The van der Waals surface area contributed by atoms with Crippen LogP contribution in [0.5, 0.6) is 11.5 Å². The minimum atomic E-state index is -4.76. The molecule has 0 spiro atoms. The molecule has 2 rings (SSSR count). The summed E-state index contributed by atoms with van der Waals surface area (Å²) >= 11 is 0. The highest BCUT2D eigenvalue weighted by atomic mass is 19.4. The molecule has 4 nitrogen and oxygen atoms in total. The monoisotopic (exact) mass is 259 g/mol.